The zero-order valence-electron chi connectivity index (χ0n) is 14.8. The van der Waals surface area contributed by atoms with Gasteiger partial charge in [0.05, 0.1) is 0 Å². The Morgan fingerprint density at radius 3 is 2.38 bits per heavy atom. The van der Waals surface area contributed by atoms with Crippen molar-refractivity contribution in [3.05, 3.63) is 65.0 Å². The van der Waals surface area contributed by atoms with Crippen molar-refractivity contribution in [2.75, 3.05) is 0 Å². The van der Waals surface area contributed by atoms with Crippen LogP contribution in [0.4, 0.5) is 0 Å². The molecule has 0 atom stereocenters. The molecule has 3 aromatic rings. The Labute approximate surface area is 151 Å². The second-order valence-corrected chi connectivity index (χ2v) is 6.17. The van der Waals surface area contributed by atoms with Crippen LogP contribution < -0.4 is 16.1 Å². The van der Waals surface area contributed by atoms with Crippen LogP contribution in [-0.4, -0.2) is 11.5 Å². The average Bonchev–Trinajstić information content (AvgIpc) is 2.65. The summed E-state index contributed by atoms with van der Waals surface area (Å²) in [6.45, 7) is 3.70. The van der Waals surface area contributed by atoms with E-state index in [1.165, 1.54) is 6.07 Å². The van der Waals surface area contributed by atoms with Gasteiger partial charge in [-0.25, -0.2) is 4.79 Å². The quantitative estimate of drug-likeness (QED) is 0.683. The highest BCUT2D eigenvalue weighted by Crippen LogP contribution is 2.32. The van der Waals surface area contributed by atoms with Gasteiger partial charge in [-0.2, -0.15) is 0 Å². The van der Waals surface area contributed by atoms with Crippen LogP contribution >= 0.6 is 0 Å². The number of hydrogen-bond donors (Lipinski definition) is 1. The lowest BCUT2D eigenvalue weighted by atomic mass is 9.96. The topological polar surface area (TPSA) is 82.5 Å². The molecule has 0 fully saturated rings. The highest BCUT2D eigenvalue weighted by molar-refractivity contribution is 5.93. The predicted octanol–water partition coefficient (Wildman–Crippen LogP) is 3.88. The number of fused-ring (bicyclic) bond motifs is 1. The van der Waals surface area contributed by atoms with Crippen LogP contribution in [0.2, 0.25) is 0 Å². The van der Waals surface area contributed by atoms with Gasteiger partial charge >= 0.3 is 5.63 Å². The van der Waals surface area contributed by atoms with Crippen LogP contribution in [-0.2, 0) is 4.79 Å². The molecule has 1 aromatic heterocycles. The molecule has 0 radical (unpaired) electrons. The van der Waals surface area contributed by atoms with Crippen molar-refractivity contribution in [3.8, 4) is 16.9 Å². The van der Waals surface area contributed by atoms with E-state index < -0.39 is 17.1 Å². The van der Waals surface area contributed by atoms with Crippen LogP contribution in [0.25, 0.3) is 22.1 Å². The Bertz CT molecular complexity index is 988. The van der Waals surface area contributed by atoms with Crippen LogP contribution in [0.1, 0.15) is 26.7 Å². The number of nitrogens with two attached hydrogens (primary N) is 1. The Kier molecular flexibility index (Phi) is 4.80. The Balaban J connectivity index is 2.10. The summed E-state index contributed by atoms with van der Waals surface area (Å²) in [5.74, 6) is -0.0737. The van der Waals surface area contributed by atoms with E-state index in [1.807, 2.05) is 50.2 Å². The molecular weight excluding hydrogens is 330 g/mol. The summed E-state index contributed by atoms with van der Waals surface area (Å²) in [6.07, 6.45) is 0.899. The fourth-order valence-corrected chi connectivity index (χ4v) is 3.08. The lowest BCUT2D eigenvalue weighted by Gasteiger charge is -2.29. The lowest BCUT2D eigenvalue weighted by molar-refractivity contribution is -0.134. The summed E-state index contributed by atoms with van der Waals surface area (Å²) in [6, 6.07) is 16.3. The molecule has 0 bridgehead atoms. The van der Waals surface area contributed by atoms with Gasteiger partial charge in [-0.15, -0.1) is 0 Å². The van der Waals surface area contributed by atoms with E-state index in [0.717, 1.165) is 16.5 Å². The molecule has 0 unspecified atom stereocenters. The van der Waals surface area contributed by atoms with Gasteiger partial charge in [0, 0.05) is 17.5 Å². The standard InChI is InChI=1S/C21H21NO4/c1-3-21(4-2,20(22)24)26-15-10-11-16-17(14-8-6-5-7-9-14)13-19(23)25-18(16)12-15/h5-13H,3-4H2,1-2H3,(H2,22,24). The summed E-state index contributed by atoms with van der Waals surface area (Å²) in [4.78, 5) is 23.9. The molecule has 134 valence electrons. The zero-order chi connectivity index (χ0) is 18.7. The summed E-state index contributed by atoms with van der Waals surface area (Å²) in [5.41, 5.74) is 6.13. The van der Waals surface area contributed by atoms with Gasteiger partial charge in [0.25, 0.3) is 5.91 Å². The highest BCUT2D eigenvalue weighted by Gasteiger charge is 2.35. The van der Waals surface area contributed by atoms with E-state index in [2.05, 4.69) is 0 Å². The number of carbonyl (C=O) groups excluding carboxylic acids is 1. The third-order valence-electron chi connectivity index (χ3n) is 4.71. The van der Waals surface area contributed by atoms with Crippen LogP contribution in [0, 0.1) is 0 Å². The van der Waals surface area contributed by atoms with Crippen molar-refractivity contribution in [2.24, 2.45) is 5.73 Å². The Hall–Kier alpha value is -3.08. The largest absolute Gasteiger partial charge is 0.477 e. The van der Waals surface area contributed by atoms with Crippen molar-refractivity contribution in [2.45, 2.75) is 32.3 Å². The number of ether oxygens (including phenoxy) is 1. The van der Waals surface area contributed by atoms with E-state index in [4.69, 9.17) is 14.9 Å². The molecule has 0 spiro atoms. The smallest absolute Gasteiger partial charge is 0.336 e. The number of hydrogen-bond acceptors (Lipinski definition) is 4. The van der Waals surface area contributed by atoms with Crippen molar-refractivity contribution < 1.29 is 13.9 Å². The summed E-state index contributed by atoms with van der Waals surface area (Å²) in [7, 11) is 0. The minimum atomic E-state index is -1.08. The van der Waals surface area contributed by atoms with E-state index in [-0.39, 0.29) is 0 Å². The van der Waals surface area contributed by atoms with Gasteiger partial charge in [0.2, 0.25) is 0 Å². The van der Waals surface area contributed by atoms with Crippen LogP contribution in [0.3, 0.4) is 0 Å². The molecule has 0 aliphatic heterocycles. The first-order chi connectivity index (χ1) is 12.5. The summed E-state index contributed by atoms with van der Waals surface area (Å²) >= 11 is 0. The van der Waals surface area contributed by atoms with Crippen LogP contribution in [0.15, 0.2) is 63.8 Å². The second kappa shape index (κ2) is 7.04. The second-order valence-electron chi connectivity index (χ2n) is 6.17. The van der Waals surface area contributed by atoms with E-state index in [1.54, 1.807) is 12.1 Å². The highest BCUT2D eigenvalue weighted by atomic mass is 16.5. The number of amides is 1. The van der Waals surface area contributed by atoms with Crippen molar-refractivity contribution in [1.29, 1.82) is 0 Å². The summed E-state index contributed by atoms with van der Waals surface area (Å²) < 4.78 is 11.3. The normalized spacial score (nSPS) is 11.5. The fraction of sp³-hybridized carbons (Fsp3) is 0.238. The molecule has 26 heavy (non-hydrogen) atoms. The molecule has 0 saturated heterocycles. The Morgan fingerprint density at radius 1 is 1.08 bits per heavy atom. The molecule has 1 heterocycles. The molecule has 3 rings (SSSR count). The molecule has 5 heteroatoms. The maximum Gasteiger partial charge on any atom is 0.336 e. The summed E-state index contributed by atoms with van der Waals surface area (Å²) in [5, 5.41) is 0.792. The maximum absolute atomic E-state index is 12.0. The van der Waals surface area contributed by atoms with Crippen LogP contribution in [0.5, 0.6) is 5.75 Å². The number of benzene rings is 2. The SMILES string of the molecule is CCC(CC)(Oc1ccc2c(-c3ccccc3)cc(=O)oc2c1)C(N)=O. The van der Waals surface area contributed by atoms with Gasteiger partial charge in [-0.1, -0.05) is 44.2 Å². The molecule has 0 aliphatic rings. The minimum absolute atomic E-state index is 0.402. The fourth-order valence-electron chi connectivity index (χ4n) is 3.08. The first-order valence-corrected chi connectivity index (χ1v) is 8.61. The molecule has 2 aromatic carbocycles. The zero-order valence-corrected chi connectivity index (χ0v) is 14.8. The number of primary amides is 1. The third kappa shape index (κ3) is 3.20. The van der Waals surface area contributed by atoms with E-state index in [9.17, 15) is 9.59 Å². The van der Waals surface area contributed by atoms with E-state index >= 15 is 0 Å². The predicted molar refractivity (Wildman–Crippen MR) is 101 cm³/mol. The average molecular weight is 351 g/mol. The van der Waals surface area contributed by atoms with Crippen molar-refractivity contribution in [1.82, 2.24) is 0 Å². The maximum atomic E-state index is 12.0. The van der Waals surface area contributed by atoms with E-state index in [0.29, 0.717) is 24.2 Å². The van der Waals surface area contributed by atoms with Gasteiger partial charge in [-0.05, 0) is 36.1 Å². The van der Waals surface area contributed by atoms with Crippen molar-refractivity contribution in [3.63, 3.8) is 0 Å². The first-order valence-electron chi connectivity index (χ1n) is 8.61. The molecular formula is C21H21NO4. The molecule has 0 aliphatic carbocycles. The Morgan fingerprint density at radius 2 is 1.77 bits per heavy atom. The molecule has 0 saturated carbocycles. The molecule has 5 nitrogen and oxygen atoms in total. The van der Waals surface area contributed by atoms with Crippen molar-refractivity contribution >= 4 is 16.9 Å². The first kappa shape index (κ1) is 17.7. The van der Waals surface area contributed by atoms with Gasteiger partial charge in [0.1, 0.15) is 11.3 Å². The van der Waals surface area contributed by atoms with Gasteiger partial charge < -0.3 is 14.9 Å². The number of carbonyl (C=O) groups is 1. The monoisotopic (exact) mass is 351 g/mol. The molecule has 1 amide bonds. The third-order valence-corrected chi connectivity index (χ3v) is 4.71. The molecule has 2 N–H and O–H groups in total. The number of rotatable bonds is 6. The minimum Gasteiger partial charge on any atom is -0.477 e. The van der Waals surface area contributed by atoms with Gasteiger partial charge in [-0.3, -0.25) is 4.79 Å². The van der Waals surface area contributed by atoms with Gasteiger partial charge in [0.15, 0.2) is 5.60 Å². The lowest BCUT2D eigenvalue weighted by Crippen LogP contribution is -2.48.